The van der Waals surface area contributed by atoms with Crippen molar-refractivity contribution in [1.82, 2.24) is 4.90 Å². The molecule has 132 valence electrons. The van der Waals surface area contributed by atoms with Crippen molar-refractivity contribution in [2.45, 2.75) is 69.9 Å². The number of amides is 1. The zero-order valence-electron chi connectivity index (χ0n) is 14.4. The second-order valence-electron chi connectivity index (χ2n) is 7.08. The maximum absolute atomic E-state index is 13.0. The Bertz CT molecular complexity index is 519. The Labute approximate surface area is 144 Å². The number of benzene rings is 1. The first-order valence-corrected chi connectivity index (χ1v) is 9.38. The van der Waals surface area contributed by atoms with Crippen molar-refractivity contribution < 1.29 is 13.9 Å². The van der Waals surface area contributed by atoms with Gasteiger partial charge in [0, 0.05) is 25.6 Å². The highest BCUT2D eigenvalue weighted by Crippen LogP contribution is 2.25. The summed E-state index contributed by atoms with van der Waals surface area (Å²) >= 11 is 0. The summed E-state index contributed by atoms with van der Waals surface area (Å²) in [6.45, 7) is 1.58. The molecule has 3 rings (SSSR count). The van der Waals surface area contributed by atoms with Gasteiger partial charge in [-0.25, -0.2) is 4.39 Å². The first kappa shape index (κ1) is 17.4. The van der Waals surface area contributed by atoms with Gasteiger partial charge >= 0.3 is 0 Å². The molecule has 24 heavy (non-hydrogen) atoms. The summed E-state index contributed by atoms with van der Waals surface area (Å²) in [5, 5.41) is 0. The third-order valence-electron chi connectivity index (χ3n) is 5.34. The molecule has 1 saturated carbocycles. The predicted molar refractivity (Wildman–Crippen MR) is 92.3 cm³/mol. The summed E-state index contributed by atoms with van der Waals surface area (Å²) in [7, 11) is 0. The highest BCUT2D eigenvalue weighted by Gasteiger charge is 2.27. The van der Waals surface area contributed by atoms with Gasteiger partial charge in [0.05, 0.1) is 6.10 Å². The SMILES string of the molecule is O=C(CCC1CCCO1)N(CCc1ccc(F)cc1)C1CCCC1. The van der Waals surface area contributed by atoms with Crippen molar-refractivity contribution >= 4 is 5.91 Å². The zero-order valence-corrected chi connectivity index (χ0v) is 14.4. The molecule has 4 heteroatoms. The van der Waals surface area contributed by atoms with Gasteiger partial charge < -0.3 is 9.64 Å². The first-order valence-electron chi connectivity index (χ1n) is 9.38. The van der Waals surface area contributed by atoms with Crippen molar-refractivity contribution in [3.8, 4) is 0 Å². The number of ether oxygens (including phenoxy) is 1. The average molecular weight is 333 g/mol. The largest absolute Gasteiger partial charge is 0.378 e. The van der Waals surface area contributed by atoms with E-state index in [1.807, 2.05) is 12.1 Å². The van der Waals surface area contributed by atoms with Crippen LogP contribution in [0.1, 0.15) is 56.9 Å². The van der Waals surface area contributed by atoms with Gasteiger partial charge in [-0.3, -0.25) is 4.79 Å². The Kier molecular flexibility index (Phi) is 6.24. The number of hydrogen-bond donors (Lipinski definition) is 0. The Morgan fingerprint density at radius 1 is 1.12 bits per heavy atom. The van der Waals surface area contributed by atoms with Gasteiger partial charge in [-0.15, -0.1) is 0 Å². The lowest BCUT2D eigenvalue weighted by Crippen LogP contribution is -2.40. The van der Waals surface area contributed by atoms with Crippen LogP contribution in [0.4, 0.5) is 4.39 Å². The van der Waals surface area contributed by atoms with E-state index in [-0.39, 0.29) is 17.8 Å². The lowest BCUT2D eigenvalue weighted by atomic mass is 10.1. The summed E-state index contributed by atoms with van der Waals surface area (Å²) in [5.74, 6) is 0.0542. The second-order valence-corrected chi connectivity index (χ2v) is 7.08. The summed E-state index contributed by atoms with van der Waals surface area (Å²) < 4.78 is 18.7. The summed E-state index contributed by atoms with van der Waals surface area (Å²) in [4.78, 5) is 14.9. The van der Waals surface area contributed by atoms with E-state index >= 15 is 0 Å². The molecule has 0 spiro atoms. The third-order valence-corrected chi connectivity index (χ3v) is 5.34. The van der Waals surface area contributed by atoms with E-state index in [4.69, 9.17) is 4.74 Å². The van der Waals surface area contributed by atoms with Crippen LogP contribution >= 0.6 is 0 Å². The van der Waals surface area contributed by atoms with E-state index in [1.54, 1.807) is 0 Å². The molecule has 0 radical (unpaired) electrons. The van der Waals surface area contributed by atoms with Gasteiger partial charge in [0.1, 0.15) is 5.82 Å². The molecule has 2 fully saturated rings. The molecule has 1 amide bonds. The fraction of sp³-hybridized carbons (Fsp3) is 0.650. The number of carbonyl (C=O) groups is 1. The lowest BCUT2D eigenvalue weighted by Gasteiger charge is -2.29. The van der Waals surface area contributed by atoms with Gasteiger partial charge in [0.2, 0.25) is 5.91 Å². The molecule has 0 N–H and O–H groups in total. The van der Waals surface area contributed by atoms with Gasteiger partial charge in [-0.2, -0.15) is 0 Å². The quantitative estimate of drug-likeness (QED) is 0.752. The second kappa shape index (κ2) is 8.61. The molecular formula is C20H28FNO2. The number of nitrogens with zero attached hydrogens (tertiary/aromatic N) is 1. The van der Waals surface area contributed by atoms with E-state index < -0.39 is 0 Å². The molecule has 1 unspecified atom stereocenters. The van der Waals surface area contributed by atoms with Crippen LogP contribution in [0.2, 0.25) is 0 Å². The van der Waals surface area contributed by atoms with Crippen LogP contribution in [0.25, 0.3) is 0 Å². The molecule has 3 nitrogen and oxygen atoms in total. The minimum atomic E-state index is -0.209. The van der Waals surface area contributed by atoms with Crippen LogP contribution in [0.3, 0.4) is 0 Å². The van der Waals surface area contributed by atoms with E-state index in [0.29, 0.717) is 12.5 Å². The van der Waals surface area contributed by atoms with Crippen molar-refractivity contribution in [2.24, 2.45) is 0 Å². The topological polar surface area (TPSA) is 29.5 Å². The normalized spacial score (nSPS) is 21.3. The van der Waals surface area contributed by atoms with Crippen molar-refractivity contribution in [1.29, 1.82) is 0 Å². The van der Waals surface area contributed by atoms with Crippen molar-refractivity contribution in [2.75, 3.05) is 13.2 Å². The molecule has 1 aromatic rings. The van der Waals surface area contributed by atoms with Crippen molar-refractivity contribution in [3.05, 3.63) is 35.6 Å². The van der Waals surface area contributed by atoms with Crippen LogP contribution < -0.4 is 0 Å². The Balaban J connectivity index is 1.55. The maximum atomic E-state index is 13.0. The van der Waals surface area contributed by atoms with E-state index in [2.05, 4.69) is 4.90 Å². The van der Waals surface area contributed by atoms with E-state index in [9.17, 15) is 9.18 Å². The van der Waals surface area contributed by atoms with Crippen LogP contribution in [0, 0.1) is 5.82 Å². The van der Waals surface area contributed by atoms with Crippen LogP contribution in [0.5, 0.6) is 0 Å². The molecule has 1 aromatic carbocycles. The number of rotatable bonds is 7. The molecule has 1 aliphatic heterocycles. The fourth-order valence-electron chi connectivity index (χ4n) is 3.93. The van der Waals surface area contributed by atoms with Crippen LogP contribution in [-0.4, -0.2) is 36.1 Å². The monoisotopic (exact) mass is 333 g/mol. The van der Waals surface area contributed by atoms with Gasteiger partial charge in [0.15, 0.2) is 0 Å². The molecule has 0 aromatic heterocycles. The van der Waals surface area contributed by atoms with E-state index in [0.717, 1.165) is 57.2 Å². The third kappa shape index (κ3) is 4.79. The zero-order chi connectivity index (χ0) is 16.8. The predicted octanol–water partition coefficient (Wildman–Crippen LogP) is 4.10. The standard InChI is InChI=1S/C20H28FNO2/c21-17-9-7-16(8-10-17)13-14-22(18-4-1-2-5-18)20(23)12-11-19-6-3-15-24-19/h7-10,18-19H,1-6,11-15H2. The fourth-order valence-corrected chi connectivity index (χ4v) is 3.93. The first-order chi connectivity index (χ1) is 11.7. The molecule has 2 aliphatic rings. The van der Waals surface area contributed by atoms with Crippen LogP contribution in [0.15, 0.2) is 24.3 Å². The van der Waals surface area contributed by atoms with Crippen LogP contribution in [-0.2, 0) is 16.0 Å². The number of carbonyl (C=O) groups excluding carboxylic acids is 1. The molecule has 1 heterocycles. The van der Waals surface area contributed by atoms with Gasteiger partial charge in [0.25, 0.3) is 0 Å². The highest BCUT2D eigenvalue weighted by atomic mass is 19.1. The summed E-state index contributed by atoms with van der Waals surface area (Å²) in [6.07, 6.45) is 9.39. The molecule has 1 atom stereocenters. The summed E-state index contributed by atoms with van der Waals surface area (Å²) in [5.41, 5.74) is 1.09. The Morgan fingerprint density at radius 2 is 1.88 bits per heavy atom. The van der Waals surface area contributed by atoms with Crippen molar-refractivity contribution in [3.63, 3.8) is 0 Å². The smallest absolute Gasteiger partial charge is 0.222 e. The number of halogens is 1. The molecular weight excluding hydrogens is 305 g/mol. The summed E-state index contributed by atoms with van der Waals surface area (Å²) in [6, 6.07) is 7.02. The number of hydrogen-bond acceptors (Lipinski definition) is 2. The minimum Gasteiger partial charge on any atom is -0.378 e. The van der Waals surface area contributed by atoms with Gasteiger partial charge in [-0.05, 0) is 56.2 Å². The molecule has 1 aliphatic carbocycles. The minimum absolute atomic E-state index is 0.209. The molecule has 1 saturated heterocycles. The molecule has 0 bridgehead atoms. The lowest BCUT2D eigenvalue weighted by molar-refractivity contribution is -0.134. The van der Waals surface area contributed by atoms with Gasteiger partial charge in [-0.1, -0.05) is 25.0 Å². The van der Waals surface area contributed by atoms with E-state index in [1.165, 1.54) is 25.0 Å². The Morgan fingerprint density at radius 3 is 2.54 bits per heavy atom. The highest BCUT2D eigenvalue weighted by molar-refractivity contribution is 5.76. The maximum Gasteiger partial charge on any atom is 0.222 e. The average Bonchev–Trinajstić information content (AvgIpc) is 3.28. The Hall–Kier alpha value is -1.42.